The summed E-state index contributed by atoms with van der Waals surface area (Å²) in [4.78, 5) is 12.1. The van der Waals surface area contributed by atoms with E-state index in [2.05, 4.69) is 27.5 Å². The molecule has 2 nitrogen and oxygen atoms in total. The second-order valence-electron chi connectivity index (χ2n) is 4.82. The number of benzene rings is 1. The van der Waals surface area contributed by atoms with Crippen LogP contribution in [-0.4, -0.2) is 23.5 Å². The van der Waals surface area contributed by atoms with E-state index in [-0.39, 0.29) is 17.8 Å². The van der Waals surface area contributed by atoms with E-state index in [4.69, 9.17) is 0 Å². The second kappa shape index (κ2) is 6.75. The van der Waals surface area contributed by atoms with Crippen LogP contribution in [0.2, 0.25) is 0 Å². The van der Waals surface area contributed by atoms with E-state index in [1.165, 1.54) is 24.6 Å². The van der Waals surface area contributed by atoms with Crippen molar-refractivity contribution in [2.45, 2.75) is 37.0 Å². The molecule has 0 bridgehead atoms. The molecule has 0 aliphatic heterocycles. The van der Waals surface area contributed by atoms with Crippen molar-refractivity contribution in [2.75, 3.05) is 6.26 Å². The van der Waals surface area contributed by atoms with Crippen molar-refractivity contribution in [2.24, 2.45) is 0 Å². The topological polar surface area (TPSA) is 29.1 Å². The molecule has 104 valence electrons. The Labute approximate surface area is 125 Å². The Kier molecular flexibility index (Phi) is 5.28. The SMILES string of the molecule is CSC1CCCC(NC(=O)c2ccc(F)c(Br)c2)C1. The van der Waals surface area contributed by atoms with Gasteiger partial charge in [-0.2, -0.15) is 11.8 Å². The maximum atomic E-state index is 13.1. The van der Waals surface area contributed by atoms with Crippen LogP contribution in [0.25, 0.3) is 0 Å². The third kappa shape index (κ3) is 3.96. The minimum Gasteiger partial charge on any atom is -0.349 e. The summed E-state index contributed by atoms with van der Waals surface area (Å²) in [6, 6.07) is 4.59. The predicted octanol–water partition coefficient (Wildman–Crippen LogP) is 3.99. The van der Waals surface area contributed by atoms with Crippen LogP contribution in [0.4, 0.5) is 4.39 Å². The third-order valence-corrected chi connectivity index (χ3v) is 5.18. The van der Waals surface area contributed by atoms with Crippen molar-refractivity contribution in [1.82, 2.24) is 5.32 Å². The first-order valence-corrected chi connectivity index (χ1v) is 8.47. The van der Waals surface area contributed by atoms with Crippen LogP contribution in [0.3, 0.4) is 0 Å². The molecule has 1 N–H and O–H groups in total. The predicted molar refractivity (Wildman–Crippen MR) is 81.1 cm³/mol. The summed E-state index contributed by atoms with van der Waals surface area (Å²) in [5.41, 5.74) is 0.500. The van der Waals surface area contributed by atoms with Gasteiger partial charge in [-0.15, -0.1) is 0 Å². The fraction of sp³-hybridized carbons (Fsp3) is 0.500. The van der Waals surface area contributed by atoms with Gasteiger partial charge in [-0.3, -0.25) is 4.79 Å². The van der Waals surface area contributed by atoms with Gasteiger partial charge in [0, 0.05) is 16.9 Å². The fourth-order valence-corrected chi connectivity index (χ4v) is 3.60. The highest BCUT2D eigenvalue weighted by Gasteiger charge is 2.23. The molecular weight excluding hydrogens is 329 g/mol. The van der Waals surface area contributed by atoms with Gasteiger partial charge in [0.05, 0.1) is 4.47 Å². The molecule has 0 aromatic heterocycles. The molecule has 5 heteroatoms. The van der Waals surface area contributed by atoms with Gasteiger partial charge in [0.2, 0.25) is 0 Å². The van der Waals surface area contributed by atoms with E-state index in [1.54, 1.807) is 0 Å². The Balaban J connectivity index is 1.98. The van der Waals surface area contributed by atoms with Crippen LogP contribution in [0.5, 0.6) is 0 Å². The van der Waals surface area contributed by atoms with E-state index < -0.39 is 0 Å². The highest BCUT2D eigenvalue weighted by molar-refractivity contribution is 9.10. The summed E-state index contributed by atoms with van der Waals surface area (Å²) >= 11 is 4.97. The summed E-state index contributed by atoms with van der Waals surface area (Å²) in [7, 11) is 0. The Morgan fingerprint density at radius 1 is 1.47 bits per heavy atom. The largest absolute Gasteiger partial charge is 0.349 e. The molecule has 2 atom stereocenters. The van der Waals surface area contributed by atoms with Crippen LogP contribution < -0.4 is 5.32 Å². The minimum atomic E-state index is -0.350. The first-order chi connectivity index (χ1) is 9.10. The van der Waals surface area contributed by atoms with Gasteiger partial charge in [0.15, 0.2) is 0 Å². The number of amides is 1. The molecule has 1 saturated carbocycles. The molecule has 0 heterocycles. The number of hydrogen-bond acceptors (Lipinski definition) is 2. The Morgan fingerprint density at radius 2 is 2.26 bits per heavy atom. The molecule has 1 aliphatic rings. The zero-order valence-electron chi connectivity index (χ0n) is 10.8. The Hall–Kier alpha value is -0.550. The minimum absolute atomic E-state index is 0.118. The molecular formula is C14H17BrFNOS. The van der Waals surface area contributed by atoms with Gasteiger partial charge in [-0.05, 0) is 59.6 Å². The van der Waals surface area contributed by atoms with Gasteiger partial charge in [-0.1, -0.05) is 6.42 Å². The molecule has 1 amide bonds. The maximum Gasteiger partial charge on any atom is 0.251 e. The molecule has 1 fully saturated rings. The average Bonchev–Trinajstić information content (AvgIpc) is 2.42. The number of carbonyl (C=O) groups excluding carboxylic acids is 1. The fourth-order valence-electron chi connectivity index (χ4n) is 2.40. The highest BCUT2D eigenvalue weighted by Crippen LogP contribution is 2.27. The number of carbonyl (C=O) groups is 1. The van der Waals surface area contributed by atoms with Gasteiger partial charge >= 0.3 is 0 Å². The van der Waals surface area contributed by atoms with Gasteiger partial charge in [-0.25, -0.2) is 4.39 Å². The van der Waals surface area contributed by atoms with E-state index in [0.717, 1.165) is 19.3 Å². The number of halogens is 2. The van der Waals surface area contributed by atoms with Crippen LogP contribution in [0.1, 0.15) is 36.0 Å². The lowest BCUT2D eigenvalue weighted by Crippen LogP contribution is -2.39. The van der Waals surface area contributed by atoms with Crippen molar-refractivity contribution in [3.05, 3.63) is 34.1 Å². The smallest absolute Gasteiger partial charge is 0.251 e. The molecule has 1 aromatic rings. The standard InChI is InChI=1S/C14H17BrFNOS/c1-19-11-4-2-3-10(8-11)17-14(18)9-5-6-13(16)12(15)7-9/h5-7,10-11H,2-4,8H2,1H3,(H,17,18). The third-order valence-electron chi connectivity index (χ3n) is 3.48. The van der Waals surface area contributed by atoms with Crippen molar-refractivity contribution in [3.63, 3.8) is 0 Å². The normalized spacial score (nSPS) is 23.1. The van der Waals surface area contributed by atoms with E-state index in [1.807, 2.05) is 11.8 Å². The summed E-state index contributed by atoms with van der Waals surface area (Å²) in [5, 5.41) is 3.69. The Bertz CT molecular complexity index is 469. The van der Waals surface area contributed by atoms with Crippen molar-refractivity contribution in [1.29, 1.82) is 0 Å². The lowest BCUT2D eigenvalue weighted by Gasteiger charge is -2.28. The van der Waals surface area contributed by atoms with Crippen LogP contribution >= 0.6 is 27.7 Å². The van der Waals surface area contributed by atoms with Crippen LogP contribution in [0.15, 0.2) is 22.7 Å². The number of rotatable bonds is 3. The summed E-state index contributed by atoms with van der Waals surface area (Å²) < 4.78 is 13.5. The van der Waals surface area contributed by atoms with Crippen molar-refractivity contribution < 1.29 is 9.18 Å². The molecule has 19 heavy (non-hydrogen) atoms. The number of thioether (sulfide) groups is 1. The number of hydrogen-bond donors (Lipinski definition) is 1. The maximum absolute atomic E-state index is 13.1. The van der Waals surface area contributed by atoms with Crippen molar-refractivity contribution in [3.8, 4) is 0 Å². The average molecular weight is 346 g/mol. The van der Waals surface area contributed by atoms with E-state index in [0.29, 0.717) is 15.3 Å². The van der Waals surface area contributed by atoms with Crippen LogP contribution in [-0.2, 0) is 0 Å². The number of nitrogens with one attached hydrogen (secondary N) is 1. The van der Waals surface area contributed by atoms with Gasteiger partial charge in [0.25, 0.3) is 5.91 Å². The van der Waals surface area contributed by atoms with Gasteiger partial charge < -0.3 is 5.32 Å². The Morgan fingerprint density at radius 3 is 2.95 bits per heavy atom. The molecule has 2 rings (SSSR count). The van der Waals surface area contributed by atoms with E-state index >= 15 is 0 Å². The van der Waals surface area contributed by atoms with Crippen molar-refractivity contribution >= 4 is 33.6 Å². The summed E-state index contributed by atoms with van der Waals surface area (Å²) in [5.74, 6) is -0.468. The quantitative estimate of drug-likeness (QED) is 0.897. The first-order valence-electron chi connectivity index (χ1n) is 6.39. The lowest BCUT2D eigenvalue weighted by atomic mass is 9.94. The summed E-state index contributed by atoms with van der Waals surface area (Å²) in [6.07, 6.45) is 6.56. The zero-order valence-corrected chi connectivity index (χ0v) is 13.2. The van der Waals surface area contributed by atoms with Crippen LogP contribution in [0, 0.1) is 5.82 Å². The van der Waals surface area contributed by atoms with Gasteiger partial charge in [0.1, 0.15) is 5.82 Å². The molecule has 0 saturated heterocycles. The first kappa shape index (κ1) is 14.9. The second-order valence-corrected chi connectivity index (χ2v) is 6.82. The monoisotopic (exact) mass is 345 g/mol. The molecule has 1 aromatic carbocycles. The van der Waals surface area contributed by atoms with E-state index in [9.17, 15) is 9.18 Å². The molecule has 2 unspecified atom stereocenters. The molecule has 0 radical (unpaired) electrons. The highest BCUT2D eigenvalue weighted by atomic mass is 79.9. The molecule has 0 spiro atoms. The molecule has 1 aliphatic carbocycles. The zero-order chi connectivity index (χ0) is 13.8. The lowest BCUT2D eigenvalue weighted by molar-refractivity contribution is 0.0928. The summed E-state index contributed by atoms with van der Waals surface area (Å²) in [6.45, 7) is 0.